The molecule has 2 N–H and O–H groups in total. The average Bonchev–Trinajstić information content (AvgIpc) is 2.30. The van der Waals surface area contributed by atoms with Crippen LogP contribution in [0.3, 0.4) is 0 Å². The molecule has 0 radical (unpaired) electrons. The first-order valence-corrected chi connectivity index (χ1v) is 7.82. The SMILES string of the molecule is CC(NCCCNS(C)(=O)=O)c1cccc(F)c1F. The van der Waals surface area contributed by atoms with Gasteiger partial charge in [-0.05, 0) is 26.0 Å². The van der Waals surface area contributed by atoms with Crippen LogP contribution in [0.25, 0.3) is 0 Å². The molecular formula is C12H18F2N2O2S. The monoisotopic (exact) mass is 292 g/mol. The summed E-state index contributed by atoms with van der Waals surface area (Å²) >= 11 is 0. The maximum atomic E-state index is 13.5. The second-order valence-electron chi connectivity index (χ2n) is 4.34. The van der Waals surface area contributed by atoms with Gasteiger partial charge in [0, 0.05) is 18.2 Å². The third kappa shape index (κ3) is 5.63. The molecule has 1 atom stereocenters. The first kappa shape index (κ1) is 16.0. The molecule has 0 aliphatic heterocycles. The molecule has 0 saturated heterocycles. The standard InChI is InChI=1S/C12H18F2N2O2S/c1-9(10-5-3-6-11(13)12(10)14)15-7-4-8-16-19(2,17)18/h3,5-6,9,15-16H,4,7-8H2,1-2H3. The molecule has 1 rings (SSSR count). The van der Waals surface area contributed by atoms with Crippen LogP contribution in [0.1, 0.15) is 24.9 Å². The Morgan fingerprint density at radius 3 is 2.58 bits per heavy atom. The number of halogens is 2. The molecule has 0 fully saturated rings. The second kappa shape index (κ2) is 6.93. The lowest BCUT2D eigenvalue weighted by Gasteiger charge is -2.15. The molecule has 0 saturated carbocycles. The highest BCUT2D eigenvalue weighted by Crippen LogP contribution is 2.18. The first-order chi connectivity index (χ1) is 8.81. The lowest BCUT2D eigenvalue weighted by molar-refractivity contribution is 0.471. The molecule has 0 bridgehead atoms. The zero-order chi connectivity index (χ0) is 14.5. The number of hydrogen-bond acceptors (Lipinski definition) is 3. The van der Waals surface area contributed by atoms with E-state index < -0.39 is 21.7 Å². The van der Waals surface area contributed by atoms with E-state index in [9.17, 15) is 17.2 Å². The van der Waals surface area contributed by atoms with E-state index in [1.807, 2.05) is 0 Å². The molecule has 0 aliphatic carbocycles. The van der Waals surface area contributed by atoms with Gasteiger partial charge in [-0.2, -0.15) is 0 Å². The van der Waals surface area contributed by atoms with Crippen molar-refractivity contribution < 1.29 is 17.2 Å². The Morgan fingerprint density at radius 1 is 1.26 bits per heavy atom. The van der Waals surface area contributed by atoms with Gasteiger partial charge >= 0.3 is 0 Å². The second-order valence-corrected chi connectivity index (χ2v) is 6.17. The van der Waals surface area contributed by atoms with Crippen LogP contribution < -0.4 is 10.0 Å². The highest BCUT2D eigenvalue weighted by atomic mass is 32.2. The molecule has 0 amide bonds. The van der Waals surface area contributed by atoms with Gasteiger partial charge in [0.15, 0.2) is 11.6 Å². The quantitative estimate of drug-likeness (QED) is 0.750. The van der Waals surface area contributed by atoms with E-state index in [4.69, 9.17) is 0 Å². The van der Waals surface area contributed by atoms with Crippen LogP contribution in [0.5, 0.6) is 0 Å². The Hall–Kier alpha value is -1.05. The van der Waals surface area contributed by atoms with E-state index in [1.54, 1.807) is 6.92 Å². The summed E-state index contributed by atoms with van der Waals surface area (Å²) in [7, 11) is -3.18. The van der Waals surface area contributed by atoms with Crippen molar-refractivity contribution in [2.75, 3.05) is 19.3 Å². The van der Waals surface area contributed by atoms with Crippen molar-refractivity contribution in [2.24, 2.45) is 0 Å². The molecule has 108 valence electrons. The summed E-state index contributed by atoms with van der Waals surface area (Å²) in [5.74, 6) is -1.72. The maximum absolute atomic E-state index is 13.5. The number of rotatable bonds is 7. The number of benzene rings is 1. The van der Waals surface area contributed by atoms with Crippen molar-refractivity contribution in [3.8, 4) is 0 Å². The molecule has 7 heteroatoms. The fourth-order valence-electron chi connectivity index (χ4n) is 1.63. The summed E-state index contributed by atoms with van der Waals surface area (Å²) in [6.07, 6.45) is 1.65. The summed E-state index contributed by atoms with van der Waals surface area (Å²) in [5.41, 5.74) is 0.260. The number of hydrogen-bond donors (Lipinski definition) is 2. The van der Waals surface area contributed by atoms with Gasteiger partial charge in [-0.3, -0.25) is 0 Å². The molecule has 4 nitrogen and oxygen atoms in total. The topological polar surface area (TPSA) is 58.2 Å². The van der Waals surface area contributed by atoms with Gasteiger partial charge < -0.3 is 5.32 Å². The van der Waals surface area contributed by atoms with Crippen LogP contribution in [-0.2, 0) is 10.0 Å². The summed E-state index contributed by atoms with van der Waals surface area (Å²) < 4.78 is 50.5. The average molecular weight is 292 g/mol. The fraction of sp³-hybridized carbons (Fsp3) is 0.500. The highest BCUT2D eigenvalue weighted by molar-refractivity contribution is 7.88. The van der Waals surface area contributed by atoms with Gasteiger partial charge in [0.1, 0.15) is 0 Å². The van der Waals surface area contributed by atoms with Crippen LogP contribution in [-0.4, -0.2) is 27.8 Å². The Morgan fingerprint density at radius 2 is 1.95 bits per heavy atom. The Balaban J connectivity index is 2.39. The molecule has 19 heavy (non-hydrogen) atoms. The third-order valence-electron chi connectivity index (χ3n) is 2.62. The van der Waals surface area contributed by atoms with Crippen LogP contribution >= 0.6 is 0 Å². The van der Waals surface area contributed by atoms with E-state index >= 15 is 0 Å². The molecule has 0 heterocycles. The zero-order valence-corrected chi connectivity index (χ0v) is 11.7. The molecule has 1 aromatic rings. The van der Waals surface area contributed by atoms with Crippen LogP contribution in [0, 0.1) is 11.6 Å². The lowest BCUT2D eigenvalue weighted by atomic mass is 10.1. The number of sulfonamides is 1. The van der Waals surface area contributed by atoms with Crippen molar-refractivity contribution in [2.45, 2.75) is 19.4 Å². The van der Waals surface area contributed by atoms with E-state index in [1.165, 1.54) is 12.1 Å². The minimum Gasteiger partial charge on any atom is -0.310 e. The Bertz CT molecular complexity index is 520. The van der Waals surface area contributed by atoms with Crippen molar-refractivity contribution >= 4 is 10.0 Å². The molecule has 0 aliphatic rings. The smallest absolute Gasteiger partial charge is 0.208 e. The summed E-state index contributed by atoms with van der Waals surface area (Å²) in [6, 6.07) is 3.71. The molecule has 0 aromatic heterocycles. The third-order valence-corrected chi connectivity index (χ3v) is 3.34. The van der Waals surface area contributed by atoms with Gasteiger partial charge in [0.05, 0.1) is 6.26 Å². The maximum Gasteiger partial charge on any atom is 0.208 e. The highest BCUT2D eigenvalue weighted by Gasteiger charge is 2.13. The molecule has 1 unspecified atom stereocenters. The van der Waals surface area contributed by atoms with E-state index in [-0.39, 0.29) is 11.6 Å². The normalized spacial score (nSPS) is 13.5. The van der Waals surface area contributed by atoms with Crippen molar-refractivity contribution in [3.63, 3.8) is 0 Å². The van der Waals surface area contributed by atoms with E-state index in [0.717, 1.165) is 12.3 Å². The van der Waals surface area contributed by atoms with Crippen LogP contribution in [0.4, 0.5) is 8.78 Å². The summed E-state index contributed by atoms with van der Waals surface area (Å²) in [6.45, 7) is 2.53. The van der Waals surface area contributed by atoms with Gasteiger partial charge in [-0.15, -0.1) is 0 Å². The molecular weight excluding hydrogens is 274 g/mol. The summed E-state index contributed by atoms with van der Waals surface area (Å²) in [4.78, 5) is 0. The van der Waals surface area contributed by atoms with Crippen LogP contribution in [0.2, 0.25) is 0 Å². The van der Waals surface area contributed by atoms with E-state index in [0.29, 0.717) is 19.5 Å². The minimum absolute atomic E-state index is 0.260. The molecule has 0 spiro atoms. The van der Waals surface area contributed by atoms with Crippen LogP contribution in [0.15, 0.2) is 18.2 Å². The van der Waals surface area contributed by atoms with Gasteiger partial charge in [0.25, 0.3) is 0 Å². The predicted octanol–water partition coefficient (Wildman–Crippen LogP) is 1.55. The Labute approximate surface area is 112 Å². The van der Waals surface area contributed by atoms with E-state index in [2.05, 4.69) is 10.0 Å². The largest absolute Gasteiger partial charge is 0.310 e. The summed E-state index contributed by atoms with van der Waals surface area (Å²) in [5, 5.41) is 3.01. The zero-order valence-electron chi connectivity index (χ0n) is 10.9. The minimum atomic E-state index is -3.18. The predicted molar refractivity (Wildman–Crippen MR) is 70.2 cm³/mol. The van der Waals surface area contributed by atoms with Gasteiger partial charge in [0.2, 0.25) is 10.0 Å². The van der Waals surface area contributed by atoms with Gasteiger partial charge in [-0.25, -0.2) is 21.9 Å². The Kier molecular flexibility index (Phi) is 5.84. The van der Waals surface area contributed by atoms with Crippen molar-refractivity contribution in [3.05, 3.63) is 35.4 Å². The van der Waals surface area contributed by atoms with Crippen molar-refractivity contribution in [1.82, 2.24) is 10.0 Å². The van der Waals surface area contributed by atoms with Gasteiger partial charge in [-0.1, -0.05) is 12.1 Å². The van der Waals surface area contributed by atoms with Crippen molar-refractivity contribution in [1.29, 1.82) is 0 Å². The first-order valence-electron chi connectivity index (χ1n) is 5.93. The fourth-order valence-corrected chi connectivity index (χ4v) is 2.14. The lowest BCUT2D eigenvalue weighted by Crippen LogP contribution is -2.27. The molecule has 1 aromatic carbocycles. The number of nitrogens with one attached hydrogen (secondary N) is 2.